The van der Waals surface area contributed by atoms with Gasteiger partial charge in [0, 0.05) is 24.0 Å². The van der Waals surface area contributed by atoms with Crippen molar-refractivity contribution in [1.82, 2.24) is 19.7 Å². The van der Waals surface area contributed by atoms with Gasteiger partial charge in [0.15, 0.2) is 0 Å². The molecule has 1 atom stereocenters. The largest absolute Gasteiger partial charge is 0.385 e. The monoisotopic (exact) mass is 238 g/mol. The topological polar surface area (TPSA) is 63.8 Å². The van der Waals surface area contributed by atoms with E-state index in [2.05, 4.69) is 15.1 Å². The van der Waals surface area contributed by atoms with E-state index >= 15 is 0 Å². The summed E-state index contributed by atoms with van der Waals surface area (Å²) in [6.07, 6.45) is 3.06. The van der Waals surface area contributed by atoms with E-state index in [-0.39, 0.29) is 6.04 Å². The molecule has 0 radical (unpaired) electrons. The molecule has 0 saturated heterocycles. The summed E-state index contributed by atoms with van der Waals surface area (Å²) in [5, 5.41) is 16.7. The Morgan fingerprint density at radius 3 is 2.88 bits per heavy atom. The molecule has 0 fully saturated rings. The zero-order valence-corrected chi connectivity index (χ0v) is 10.1. The standard InChI is InChI=1S/C10H14N4OS/c1-7(2)14-9(12-6-13-14)5-8(15)10-11-3-4-16-10/h3-4,6-8,15H,5H2,1-2H3. The lowest BCUT2D eigenvalue weighted by Gasteiger charge is -2.11. The lowest BCUT2D eigenvalue weighted by molar-refractivity contribution is 0.173. The van der Waals surface area contributed by atoms with E-state index in [1.54, 1.807) is 6.20 Å². The van der Waals surface area contributed by atoms with Crippen LogP contribution >= 0.6 is 11.3 Å². The Labute approximate surface area is 97.8 Å². The van der Waals surface area contributed by atoms with Gasteiger partial charge in [-0.05, 0) is 13.8 Å². The Morgan fingerprint density at radius 1 is 1.44 bits per heavy atom. The smallest absolute Gasteiger partial charge is 0.138 e. The van der Waals surface area contributed by atoms with Crippen LogP contribution in [-0.2, 0) is 6.42 Å². The number of hydrogen-bond acceptors (Lipinski definition) is 5. The van der Waals surface area contributed by atoms with Gasteiger partial charge in [-0.3, -0.25) is 0 Å². The van der Waals surface area contributed by atoms with Crippen molar-refractivity contribution in [3.05, 3.63) is 28.7 Å². The van der Waals surface area contributed by atoms with Gasteiger partial charge in [0.2, 0.25) is 0 Å². The molecule has 6 heteroatoms. The van der Waals surface area contributed by atoms with Crippen LogP contribution in [0.4, 0.5) is 0 Å². The molecular weight excluding hydrogens is 224 g/mol. The van der Waals surface area contributed by atoms with Crippen LogP contribution in [0.25, 0.3) is 0 Å². The van der Waals surface area contributed by atoms with Gasteiger partial charge in [-0.15, -0.1) is 11.3 Å². The molecule has 2 aromatic heterocycles. The van der Waals surface area contributed by atoms with Crippen molar-refractivity contribution < 1.29 is 5.11 Å². The first-order chi connectivity index (χ1) is 7.68. The molecule has 2 aromatic rings. The zero-order valence-electron chi connectivity index (χ0n) is 9.24. The fraction of sp³-hybridized carbons (Fsp3) is 0.500. The van der Waals surface area contributed by atoms with Crippen molar-refractivity contribution in [1.29, 1.82) is 0 Å². The van der Waals surface area contributed by atoms with Crippen LogP contribution in [0.5, 0.6) is 0 Å². The predicted molar refractivity (Wildman–Crippen MR) is 61.2 cm³/mol. The van der Waals surface area contributed by atoms with Gasteiger partial charge in [-0.25, -0.2) is 14.6 Å². The Morgan fingerprint density at radius 2 is 2.25 bits per heavy atom. The Hall–Kier alpha value is -1.27. The fourth-order valence-corrected chi connectivity index (χ4v) is 2.13. The highest BCUT2D eigenvalue weighted by atomic mass is 32.1. The summed E-state index contributed by atoms with van der Waals surface area (Å²) in [4.78, 5) is 8.24. The van der Waals surface area contributed by atoms with Crippen LogP contribution in [-0.4, -0.2) is 24.9 Å². The molecule has 5 nitrogen and oxygen atoms in total. The second-order valence-corrected chi connectivity index (χ2v) is 4.73. The van der Waals surface area contributed by atoms with Crippen LogP contribution in [0.2, 0.25) is 0 Å². The minimum absolute atomic E-state index is 0.251. The van der Waals surface area contributed by atoms with E-state index in [0.29, 0.717) is 6.42 Å². The Bertz CT molecular complexity index is 437. The molecule has 2 heterocycles. The molecule has 0 aliphatic carbocycles. The Kier molecular flexibility index (Phi) is 3.31. The summed E-state index contributed by atoms with van der Waals surface area (Å²) in [5.74, 6) is 0.790. The van der Waals surface area contributed by atoms with Crippen molar-refractivity contribution in [3.8, 4) is 0 Å². The average Bonchev–Trinajstić information content (AvgIpc) is 2.86. The van der Waals surface area contributed by atoms with Crippen molar-refractivity contribution in [2.75, 3.05) is 0 Å². The molecule has 0 aromatic carbocycles. The first kappa shape index (κ1) is 11.2. The van der Waals surface area contributed by atoms with Crippen LogP contribution in [0.15, 0.2) is 17.9 Å². The van der Waals surface area contributed by atoms with Gasteiger partial charge in [-0.1, -0.05) is 0 Å². The van der Waals surface area contributed by atoms with Crippen LogP contribution in [0.3, 0.4) is 0 Å². The number of aliphatic hydroxyl groups excluding tert-OH is 1. The van der Waals surface area contributed by atoms with Crippen LogP contribution in [0, 0.1) is 0 Å². The van der Waals surface area contributed by atoms with E-state index < -0.39 is 6.10 Å². The maximum atomic E-state index is 9.95. The van der Waals surface area contributed by atoms with E-state index in [1.165, 1.54) is 17.7 Å². The van der Waals surface area contributed by atoms with Crippen LogP contribution in [0.1, 0.15) is 36.8 Å². The van der Waals surface area contributed by atoms with Gasteiger partial charge in [0.05, 0.1) is 0 Å². The molecule has 16 heavy (non-hydrogen) atoms. The summed E-state index contributed by atoms with van der Waals surface area (Å²) >= 11 is 1.45. The molecular formula is C10H14N4OS. The van der Waals surface area contributed by atoms with Gasteiger partial charge >= 0.3 is 0 Å². The molecule has 1 unspecified atom stereocenters. The highest BCUT2D eigenvalue weighted by molar-refractivity contribution is 7.09. The molecule has 0 bridgehead atoms. The molecule has 1 N–H and O–H groups in total. The summed E-state index contributed by atoms with van der Waals surface area (Å²) in [6, 6.07) is 0.251. The van der Waals surface area contributed by atoms with Gasteiger partial charge < -0.3 is 5.11 Å². The lowest BCUT2D eigenvalue weighted by Crippen LogP contribution is -2.12. The minimum atomic E-state index is -0.596. The average molecular weight is 238 g/mol. The number of aromatic nitrogens is 4. The number of nitrogens with zero attached hydrogens (tertiary/aromatic N) is 4. The molecule has 0 saturated carbocycles. The third kappa shape index (κ3) is 2.28. The number of rotatable bonds is 4. The molecule has 86 valence electrons. The molecule has 0 aliphatic rings. The van der Waals surface area contributed by atoms with E-state index in [9.17, 15) is 5.11 Å². The lowest BCUT2D eigenvalue weighted by atomic mass is 10.2. The Balaban J connectivity index is 2.12. The predicted octanol–water partition coefficient (Wildman–Crippen LogP) is 1.59. The highest BCUT2D eigenvalue weighted by Crippen LogP contribution is 2.20. The maximum Gasteiger partial charge on any atom is 0.138 e. The van der Waals surface area contributed by atoms with E-state index in [1.807, 2.05) is 23.9 Å². The molecule has 0 amide bonds. The van der Waals surface area contributed by atoms with Gasteiger partial charge in [0.25, 0.3) is 0 Å². The summed E-state index contributed by atoms with van der Waals surface area (Å²) in [7, 11) is 0. The van der Waals surface area contributed by atoms with E-state index in [4.69, 9.17) is 0 Å². The highest BCUT2D eigenvalue weighted by Gasteiger charge is 2.16. The minimum Gasteiger partial charge on any atom is -0.385 e. The third-order valence-corrected chi connectivity index (χ3v) is 3.13. The second kappa shape index (κ2) is 4.71. The van der Waals surface area contributed by atoms with E-state index in [0.717, 1.165) is 10.8 Å². The SMILES string of the molecule is CC(C)n1ncnc1CC(O)c1nccs1. The number of aliphatic hydroxyl groups is 1. The summed E-state index contributed by atoms with van der Waals surface area (Å²) in [5.41, 5.74) is 0. The maximum absolute atomic E-state index is 9.95. The van der Waals surface area contributed by atoms with Crippen LogP contribution < -0.4 is 0 Å². The summed E-state index contributed by atoms with van der Waals surface area (Å²) < 4.78 is 1.82. The first-order valence-electron chi connectivity index (χ1n) is 5.14. The normalized spacial score (nSPS) is 13.2. The quantitative estimate of drug-likeness (QED) is 0.878. The van der Waals surface area contributed by atoms with Gasteiger partial charge in [0.1, 0.15) is 23.3 Å². The van der Waals surface area contributed by atoms with Gasteiger partial charge in [-0.2, -0.15) is 5.10 Å². The summed E-state index contributed by atoms with van der Waals surface area (Å²) in [6.45, 7) is 4.07. The fourth-order valence-electron chi connectivity index (χ4n) is 1.51. The van der Waals surface area contributed by atoms with Crippen molar-refractivity contribution in [3.63, 3.8) is 0 Å². The number of hydrogen-bond donors (Lipinski definition) is 1. The first-order valence-corrected chi connectivity index (χ1v) is 6.02. The molecule has 0 spiro atoms. The number of thiazole rings is 1. The van der Waals surface area contributed by atoms with Crippen molar-refractivity contribution in [2.24, 2.45) is 0 Å². The third-order valence-electron chi connectivity index (χ3n) is 2.25. The zero-order chi connectivity index (χ0) is 11.5. The van der Waals surface area contributed by atoms with Crippen molar-refractivity contribution in [2.45, 2.75) is 32.4 Å². The van der Waals surface area contributed by atoms with Crippen molar-refractivity contribution >= 4 is 11.3 Å². The molecule has 0 aliphatic heterocycles. The molecule has 2 rings (SSSR count). The second-order valence-electron chi connectivity index (χ2n) is 3.80.